The lowest BCUT2D eigenvalue weighted by Crippen LogP contribution is -1.95. The van der Waals surface area contributed by atoms with Gasteiger partial charge in [-0.15, -0.1) is 0 Å². The second-order valence-electron chi connectivity index (χ2n) is 4.28. The average Bonchev–Trinajstić information content (AvgIpc) is 2.65. The predicted octanol–water partition coefficient (Wildman–Crippen LogP) is 2.78. The van der Waals surface area contributed by atoms with Gasteiger partial charge in [0.2, 0.25) is 0 Å². The summed E-state index contributed by atoms with van der Waals surface area (Å²) in [6.07, 6.45) is 0.700. The Hall–Kier alpha value is -1.91. The van der Waals surface area contributed by atoms with Crippen molar-refractivity contribution in [2.45, 2.75) is 20.3 Å². The molecule has 1 heterocycles. The Morgan fingerprint density at radius 2 is 2.18 bits per heavy atom. The van der Waals surface area contributed by atoms with Crippen LogP contribution in [0.1, 0.15) is 19.7 Å². The number of phenolic OH excluding ortho intramolecular Hbond substituents is 1. The Labute approximate surface area is 98.1 Å². The fourth-order valence-electron chi connectivity index (χ4n) is 1.50. The minimum absolute atomic E-state index is 0.204. The molecular formula is C12H13FN2O2. The highest BCUT2D eigenvalue weighted by Gasteiger charge is 2.13. The molecule has 0 radical (unpaired) electrons. The lowest BCUT2D eigenvalue weighted by atomic mass is 10.1. The second kappa shape index (κ2) is 4.53. The summed E-state index contributed by atoms with van der Waals surface area (Å²) in [6.45, 7) is 4.09. The minimum atomic E-state index is -0.506. The lowest BCUT2D eigenvalue weighted by molar-refractivity contribution is 0.413. The molecule has 0 aliphatic carbocycles. The highest BCUT2D eigenvalue weighted by Crippen LogP contribution is 2.28. The van der Waals surface area contributed by atoms with Gasteiger partial charge in [0.05, 0.1) is 5.56 Å². The van der Waals surface area contributed by atoms with Crippen molar-refractivity contribution in [3.05, 3.63) is 29.8 Å². The van der Waals surface area contributed by atoms with Crippen LogP contribution in [0.5, 0.6) is 5.75 Å². The zero-order valence-electron chi connectivity index (χ0n) is 9.64. The van der Waals surface area contributed by atoms with E-state index in [1.165, 1.54) is 12.1 Å². The van der Waals surface area contributed by atoms with Crippen molar-refractivity contribution in [2.75, 3.05) is 0 Å². The highest BCUT2D eigenvalue weighted by atomic mass is 19.1. The van der Waals surface area contributed by atoms with Gasteiger partial charge in [-0.25, -0.2) is 4.39 Å². The molecule has 0 amide bonds. The van der Waals surface area contributed by atoms with Crippen LogP contribution < -0.4 is 0 Å². The SMILES string of the molecule is CC(C)Cc1noc(-c2ccc(F)cc2O)n1. The first kappa shape index (κ1) is 11.6. The largest absolute Gasteiger partial charge is 0.507 e. The third-order valence-corrected chi connectivity index (χ3v) is 2.25. The van der Waals surface area contributed by atoms with Gasteiger partial charge in [-0.1, -0.05) is 19.0 Å². The molecule has 1 aromatic heterocycles. The number of halogens is 1. The number of aromatic nitrogens is 2. The van der Waals surface area contributed by atoms with Crippen LogP contribution in [0.2, 0.25) is 0 Å². The molecule has 2 aromatic rings. The van der Waals surface area contributed by atoms with E-state index in [1.54, 1.807) is 0 Å². The van der Waals surface area contributed by atoms with Crippen molar-refractivity contribution in [1.82, 2.24) is 10.1 Å². The summed E-state index contributed by atoms with van der Waals surface area (Å²) in [4.78, 5) is 4.15. The molecule has 2 rings (SSSR count). The van der Waals surface area contributed by atoms with E-state index in [9.17, 15) is 9.50 Å². The molecular weight excluding hydrogens is 223 g/mol. The number of hydrogen-bond donors (Lipinski definition) is 1. The number of rotatable bonds is 3. The van der Waals surface area contributed by atoms with Crippen LogP contribution in [0, 0.1) is 11.7 Å². The second-order valence-corrected chi connectivity index (χ2v) is 4.28. The van der Waals surface area contributed by atoms with E-state index in [4.69, 9.17) is 4.52 Å². The molecule has 17 heavy (non-hydrogen) atoms. The molecule has 5 heteroatoms. The van der Waals surface area contributed by atoms with Crippen LogP contribution in [-0.2, 0) is 6.42 Å². The topological polar surface area (TPSA) is 59.2 Å². The first-order valence-electron chi connectivity index (χ1n) is 5.37. The molecule has 0 saturated heterocycles. The molecule has 0 saturated carbocycles. The minimum Gasteiger partial charge on any atom is -0.507 e. The Morgan fingerprint density at radius 1 is 1.41 bits per heavy atom. The fraction of sp³-hybridized carbons (Fsp3) is 0.333. The molecule has 0 aliphatic rings. The van der Waals surface area contributed by atoms with Gasteiger partial charge in [0.1, 0.15) is 11.6 Å². The summed E-state index contributed by atoms with van der Waals surface area (Å²) in [5.41, 5.74) is 0.342. The number of nitrogens with zero attached hydrogens (tertiary/aromatic N) is 2. The normalized spacial score (nSPS) is 11.1. The van der Waals surface area contributed by atoms with E-state index >= 15 is 0 Å². The van der Waals surface area contributed by atoms with Crippen molar-refractivity contribution in [3.8, 4) is 17.2 Å². The summed E-state index contributed by atoms with van der Waals surface area (Å²) < 4.78 is 17.8. The van der Waals surface area contributed by atoms with Gasteiger partial charge in [-0.05, 0) is 18.1 Å². The summed E-state index contributed by atoms with van der Waals surface area (Å²) in [6, 6.07) is 3.67. The smallest absolute Gasteiger partial charge is 0.261 e. The summed E-state index contributed by atoms with van der Waals surface area (Å²) >= 11 is 0. The summed E-state index contributed by atoms with van der Waals surface area (Å²) in [5, 5.41) is 13.4. The third-order valence-electron chi connectivity index (χ3n) is 2.25. The number of aromatic hydroxyl groups is 1. The number of hydrogen-bond acceptors (Lipinski definition) is 4. The molecule has 4 nitrogen and oxygen atoms in total. The van der Waals surface area contributed by atoms with E-state index in [2.05, 4.69) is 10.1 Å². The molecule has 0 fully saturated rings. The van der Waals surface area contributed by atoms with Crippen molar-refractivity contribution in [1.29, 1.82) is 0 Å². The molecule has 0 spiro atoms. The van der Waals surface area contributed by atoms with Gasteiger partial charge >= 0.3 is 0 Å². The third kappa shape index (κ3) is 2.61. The fourth-order valence-corrected chi connectivity index (χ4v) is 1.50. The maximum atomic E-state index is 12.8. The van der Waals surface area contributed by atoms with Crippen molar-refractivity contribution in [2.24, 2.45) is 5.92 Å². The Morgan fingerprint density at radius 3 is 2.82 bits per heavy atom. The monoisotopic (exact) mass is 236 g/mol. The van der Waals surface area contributed by atoms with E-state index < -0.39 is 5.82 Å². The van der Waals surface area contributed by atoms with Gasteiger partial charge in [0, 0.05) is 12.5 Å². The standard InChI is InChI=1S/C12H13FN2O2/c1-7(2)5-11-14-12(17-15-11)9-4-3-8(13)6-10(9)16/h3-4,6-7,16H,5H2,1-2H3. The van der Waals surface area contributed by atoms with E-state index in [0.717, 1.165) is 6.07 Å². The van der Waals surface area contributed by atoms with Gasteiger partial charge in [-0.3, -0.25) is 0 Å². The lowest BCUT2D eigenvalue weighted by Gasteiger charge is -1.98. The zero-order valence-corrected chi connectivity index (χ0v) is 9.64. The van der Waals surface area contributed by atoms with Gasteiger partial charge in [-0.2, -0.15) is 4.98 Å². The Balaban J connectivity index is 2.30. The first-order valence-corrected chi connectivity index (χ1v) is 5.37. The van der Waals surface area contributed by atoms with Gasteiger partial charge < -0.3 is 9.63 Å². The summed E-state index contributed by atoms with van der Waals surface area (Å²) in [5.74, 6) is 0.497. The number of phenols is 1. The molecule has 0 aliphatic heterocycles. The van der Waals surface area contributed by atoms with Gasteiger partial charge in [0.25, 0.3) is 5.89 Å². The van der Waals surface area contributed by atoms with E-state index in [-0.39, 0.29) is 11.6 Å². The van der Waals surface area contributed by atoms with E-state index in [1.807, 2.05) is 13.8 Å². The van der Waals surface area contributed by atoms with Crippen LogP contribution in [0.3, 0.4) is 0 Å². The maximum absolute atomic E-state index is 12.8. The van der Waals surface area contributed by atoms with Crippen molar-refractivity contribution < 1.29 is 14.0 Å². The average molecular weight is 236 g/mol. The highest BCUT2D eigenvalue weighted by molar-refractivity contribution is 5.61. The predicted molar refractivity (Wildman–Crippen MR) is 59.9 cm³/mol. The van der Waals surface area contributed by atoms with E-state index in [0.29, 0.717) is 23.7 Å². The molecule has 90 valence electrons. The Kier molecular flexibility index (Phi) is 3.08. The summed E-state index contributed by atoms with van der Waals surface area (Å²) in [7, 11) is 0. The molecule has 0 bridgehead atoms. The molecule has 1 aromatic carbocycles. The van der Waals surface area contributed by atoms with Crippen molar-refractivity contribution >= 4 is 0 Å². The molecule has 0 atom stereocenters. The van der Waals surface area contributed by atoms with Crippen LogP contribution in [-0.4, -0.2) is 15.2 Å². The Bertz CT molecular complexity index is 523. The van der Waals surface area contributed by atoms with Crippen LogP contribution in [0.25, 0.3) is 11.5 Å². The zero-order chi connectivity index (χ0) is 12.4. The molecule has 0 unspecified atom stereocenters. The van der Waals surface area contributed by atoms with Crippen LogP contribution >= 0.6 is 0 Å². The van der Waals surface area contributed by atoms with Crippen molar-refractivity contribution in [3.63, 3.8) is 0 Å². The maximum Gasteiger partial charge on any atom is 0.261 e. The number of benzene rings is 1. The van der Waals surface area contributed by atoms with Crippen LogP contribution in [0.15, 0.2) is 22.7 Å². The van der Waals surface area contributed by atoms with Crippen LogP contribution in [0.4, 0.5) is 4.39 Å². The quantitative estimate of drug-likeness (QED) is 0.890. The molecule has 1 N–H and O–H groups in total. The first-order chi connectivity index (χ1) is 8.06. The van der Waals surface area contributed by atoms with Gasteiger partial charge in [0.15, 0.2) is 5.82 Å².